The number of hydrogen-bond acceptors (Lipinski definition) is 3. The summed E-state index contributed by atoms with van der Waals surface area (Å²) in [5.74, 6) is 0.000430. The van der Waals surface area contributed by atoms with Crippen molar-refractivity contribution in [2.24, 2.45) is 5.10 Å². The van der Waals surface area contributed by atoms with Crippen molar-refractivity contribution in [1.29, 1.82) is 0 Å². The zero-order valence-corrected chi connectivity index (χ0v) is 18.2. The van der Waals surface area contributed by atoms with E-state index in [1.165, 1.54) is 5.56 Å². The summed E-state index contributed by atoms with van der Waals surface area (Å²) in [6.07, 6.45) is 4.33. The van der Waals surface area contributed by atoms with E-state index in [1.807, 2.05) is 60.7 Å². The van der Waals surface area contributed by atoms with Gasteiger partial charge in [0.1, 0.15) is 0 Å². The van der Waals surface area contributed by atoms with Crippen LogP contribution in [0, 0.1) is 0 Å². The van der Waals surface area contributed by atoms with Gasteiger partial charge in [-0.3, -0.25) is 9.80 Å². The molecule has 5 rings (SSSR count). The van der Waals surface area contributed by atoms with Gasteiger partial charge in [-0.25, -0.2) is 0 Å². The molecule has 0 aliphatic carbocycles. The summed E-state index contributed by atoms with van der Waals surface area (Å²) in [4.78, 5) is 12.4. The van der Waals surface area contributed by atoms with Gasteiger partial charge in [-0.05, 0) is 34.9 Å². The van der Waals surface area contributed by atoms with Crippen molar-refractivity contribution < 1.29 is 4.79 Å². The Morgan fingerprint density at radius 1 is 0.758 bits per heavy atom. The van der Waals surface area contributed by atoms with Gasteiger partial charge in [-0.1, -0.05) is 109 Å². The predicted molar refractivity (Wildman–Crippen MR) is 136 cm³/mol. The molecule has 1 aliphatic rings. The van der Waals surface area contributed by atoms with Crippen LogP contribution in [0.4, 0.5) is 5.69 Å². The lowest BCUT2D eigenvalue weighted by Crippen LogP contribution is -2.18. The lowest BCUT2D eigenvalue weighted by Gasteiger charge is -2.24. The third-order valence-electron chi connectivity index (χ3n) is 5.84. The van der Waals surface area contributed by atoms with Crippen LogP contribution in [0.3, 0.4) is 0 Å². The van der Waals surface area contributed by atoms with E-state index in [0.717, 1.165) is 28.9 Å². The number of hydrazone groups is 1. The molecule has 0 radical (unpaired) electrons. The molecule has 0 fully saturated rings. The molecule has 4 aromatic carbocycles. The lowest BCUT2D eigenvalue weighted by atomic mass is 9.98. The van der Waals surface area contributed by atoms with Gasteiger partial charge in [0.25, 0.3) is 0 Å². The fraction of sp³-hybridized carbons (Fsp3) is 0.0667. The van der Waals surface area contributed by atoms with Gasteiger partial charge < -0.3 is 0 Å². The van der Waals surface area contributed by atoms with Crippen molar-refractivity contribution in [1.82, 2.24) is 0 Å². The molecular weight excluding hydrogens is 404 g/mol. The second-order valence-electron chi connectivity index (χ2n) is 8.04. The summed E-state index contributed by atoms with van der Waals surface area (Å²) in [5, 5.41) is 7.12. The van der Waals surface area contributed by atoms with E-state index < -0.39 is 0 Å². The molecule has 1 aliphatic heterocycles. The molecule has 4 aromatic rings. The highest BCUT2D eigenvalue weighted by molar-refractivity contribution is 6.06. The van der Waals surface area contributed by atoms with Crippen LogP contribution in [0.25, 0.3) is 6.08 Å². The minimum Gasteiger partial charge on any atom is -0.289 e. The Balaban J connectivity index is 1.40. The molecule has 160 valence electrons. The van der Waals surface area contributed by atoms with Crippen LogP contribution < -0.4 is 5.01 Å². The van der Waals surface area contributed by atoms with Crippen LogP contribution in [0.15, 0.2) is 126 Å². The Kier molecular flexibility index (Phi) is 5.94. The maximum atomic E-state index is 12.4. The van der Waals surface area contributed by atoms with E-state index in [0.29, 0.717) is 5.56 Å². The van der Waals surface area contributed by atoms with Gasteiger partial charge in [-0.15, -0.1) is 0 Å². The summed E-state index contributed by atoms with van der Waals surface area (Å²) >= 11 is 0. The van der Waals surface area contributed by atoms with E-state index in [-0.39, 0.29) is 11.8 Å². The molecule has 1 unspecified atom stereocenters. The zero-order valence-electron chi connectivity index (χ0n) is 18.2. The van der Waals surface area contributed by atoms with Crippen molar-refractivity contribution >= 4 is 23.3 Å². The van der Waals surface area contributed by atoms with Gasteiger partial charge in [0, 0.05) is 12.0 Å². The van der Waals surface area contributed by atoms with Crippen molar-refractivity contribution in [3.63, 3.8) is 0 Å². The molecule has 1 heterocycles. The number of benzene rings is 4. The molecule has 33 heavy (non-hydrogen) atoms. The highest BCUT2D eigenvalue weighted by Crippen LogP contribution is 2.36. The van der Waals surface area contributed by atoms with Crippen LogP contribution in [0.2, 0.25) is 0 Å². The number of ketones is 1. The van der Waals surface area contributed by atoms with Crippen molar-refractivity contribution in [3.8, 4) is 0 Å². The second kappa shape index (κ2) is 9.49. The minimum atomic E-state index is 0.000430. The molecule has 0 N–H and O–H groups in total. The number of carbonyl (C=O) groups is 1. The average Bonchev–Trinajstić information content (AvgIpc) is 3.35. The second-order valence-corrected chi connectivity index (χ2v) is 8.04. The summed E-state index contributed by atoms with van der Waals surface area (Å²) in [7, 11) is 0. The maximum absolute atomic E-state index is 12.4. The first-order valence-electron chi connectivity index (χ1n) is 11.1. The Labute approximate surface area is 194 Å². The first-order chi connectivity index (χ1) is 16.3. The molecule has 0 aromatic heterocycles. The highest BCUT2D eigenvalue weighted by Gasteiger charge is 2.29. The standard InChI is InChI=1S/C30H24N2O/c33-30(26-14-8-3-9-15-26)21-18-23-16-19-27(20-17-23)32-29(25-12-6-2-7-13-25)22-28(31-32)24-10-4-1-5-11-24/h1-21,29H,22H2/b21-18+. The summed E-state index contributed by atoms with van der Waals surface area (Å²) in [5.41, 5.74) is 6.18. The van der Waals surface area contributed by atoms with Gasteiger partial charge in [0.15, 0.2) is 5.78 Å². The smallest absolute Gasteiger partial charge is 0.185 e. The maximum Gasteiger partial charge on any atom is 0.185 e. The molecule has 0 spiro atoms. The van der Waals surface area contributed by atoms with Gasteiger partial charge in [0.2, 0.25) is 0 Å². The Hall–Kier alpha value is -4.24. The number of nitrogens with zero attached hydrogens (tertiary/aromatic N) is 2. The zero-order chi connectivity index (χ0) is 22.5. The van der Waals surface area contributed by atoms with Crippen molar-refractivity contribution in [3.05, 3.63) is 144 Å². The van der Waals surface area contributed by atoms with Gasteiger partial charge in [-0.2, -0.15) is 5.10 Å². The average molecular weight is 429 g/mol. The molecule has 0 saturated carbocycles. The summed E-state index contributed by atoms with van der Waals surface area (Å²) < 4.78 is 0. The fourth-order valence-electron chi connectivity index (χ4n) is 4.10. The summed E-state index contributed by atoms with van der Waals surface area (Å²) in [6.45, 7) is 0. The number of hydrogen-bond donors (Lipinski definition) is 0. The van der Waals surface area contributed by atoms with E-state index in [4.69, 9.17) is 5.10 Å². The van der Waals surface area contributed by atoms with Crippen LogP contribution in [-0.4, -0.2) is 11.5 Å². The minimum absolute atomic E-state index is 0.000430. The summed E-state index contributed by atoms with van der Waals surface area (Å²) in [6, 6.07) is 38.5. The predicted octanol–water partition coefficient (Wildman–Crippen LogP) is 6.94. The molecule has 0 amide bonds. The molecule has 0 saturated heterocycles. The molecule has 3 heteroatoms. The van der Waals surface area contributed by atoms with E-state index >= 15 is 0 Å². The van der Waals surface area contributed by atoms with Gasteiger partial charge >= 0.3 is 0 Å². The fourth-order valence-corrected chi connectivity index (χ4v) is 4.10. The third kappa shape index (κ3) is 4.68. The van der Waals surface area contributed by atoms with Crippen molar-refractivity contribution in [2.75, 3.05) is 5.01 Å². The topological polar surface area (TPSA) is 32.7 Å². The molecule has 0 bridgehead atoms. The van der Waals surface area contributed by atoms with Crippen molar-refractivity contribution in [2.45, 2.75) is 12.5 Å². The van der Waals surface area contributed by atoms with Crippen LogP contribution in [0.5, 0.6) is 0 Å². The van der Waals surface area contributed by atoms with Crippen LogP contribution >= 0.6 is 0 Å². The first kappa shape index (κ1) is 20.7. The number of carbonyl (C=O) groups excluding carboxylic acids is 1. The van der Waals surface area contributed by atoms with Crippen LogP contribution in [-0.2, 0) is 0 Å². The third-order valence-corrected chi connectivity index (χ3v) is 5.84. The van der Waals surface area contributed by atoms with E-state index in [2.05, 4.69) is 65.7 Å². The molecule has 1 atom stereocenters. The Morgan fingerprint density at radius 3 is 2.03 bits per heavy atom. The number of rotatable bonds is 6. The Morgan fingerprint density at radius 2 is 1.36 bits per heavy atom. The lowest BCUT2D eigenvalue weighted by molar-refractivity contribution is 0.104. The number of anilines is 1. The molecular formula is C30H24N2O. The highest BCUT2D eigenvalue weighted by atomic mass is 16.1. The largest absolute Gasteiger partial charge is 0.289 e. The Bertz CT molecular complexity index is 1280. The normalized spacial score (nSPS) is 15.6. The monoisotopic (exact) mass is 428 g/mol. The van der Waals surface area contributed by atoms with E-state index in [9.17, 15) is 4.79 Å². The molecule has 3 nitrogen and oxygen atoms in total. The first-order valence-corrected chi connectivity index (χ1v) is 11.1. The SMILES string of the molecule is O=C(/C=C/c1ccc(N2N=C(c3ccccc3)CC2c2ccccc2)cc1)c1ccccc1. The van der Waals surface area contributed by atoms with Gasteiger partial charge in [0.05, 0.1) is 17.4 Å². The van der Waals surface area contributed by atoms with E-state index in [1.54, 1.807) is 6.08 Å². The number of allylic oxidation sites excluding steroid dienone is 1. The van der Waals surface area contributed by atoms with Crippen LogP contribution in [0.1, 0.15) is 39.5 Å². The quantitative estimate of drug-likeness (QED) is 0.246.